The molecule has 3 aliphatic heterocycles. The van der Waals surface area contributed by atoms with Crippen LogP contribution in [0.2, 0.25) is 0 Å². The summed E-state index contributed by atoms with van der Waals surface area (Å²) in [4.78, 5) is 49.6. The van der Waals surface area contributed by atoms with Crippen molar-refractivity contribution in [2.75, 3.05) is 31.3 Å². The minimum absolute atomic E-state index is 0.0559. The standard InChI is InChI=1S/C44H47N5O7.C2HF3O2/c1-25-19-27(23-45-24-38(51)31-13-16-37(50)41-32(31)14-18-40(53)48-41)10-15-33(25)46-39(52)17-11-26-9-12-30(28-7-5-4-6-8-28)34(20-26)47-44(54)55-29-21-35-42-43(56-42)36(22-29)49(35,2)3;3-2(4,5)1(6)7/h4-10,12-16,18-20,29,35-36,38,42-43,45,51H,11,17,21-24H2,1-3H3,(H3-,46,47,48,50,52,53,54);(H,6,7)/t29?,35-,36+,38-,42-,43+;/m0./s1. The number of aliphatic hydroxyl groups is 1. The molecular weight excluding hydrogens is 824 g/mol. The Hall–Kier alpha value is -6.27. The second-order valence-electron chi connectivity index (χ2n) is 16.6. The normalized spacial score (nSPS) is 21.0. The Labute approximate surface area is 360 Å². The molecule has 0 spiro atoms. The summed E-state index contributed by atoms with van der Waals surface area (Å²) >= 11 is 0. The number of aromatic hydroxyl groups is 1. The topological polar surface area (TPSA) is 205 Å². The van der Waals surface area contributed by atoms with Crippen molar-refractivity contribution in [2.45, 2.75) is 81.8 Å². The number of aromatic amines is 1. The van der Waals surface area contributed by atoms with Gasteiger partial charge < -0.3 is 49.7 Å². The number of benzene rings is 4. The van der Waals surface area contributed by atoms with Gasteiger partial charge in [-0.3, -0.25) is 14.9 Å². The number of fused-ring (bicyclic) bond motifs is 6. The van der Waals surface area contributed by atoms with Gasteiger partial charge in [-0.2, -0.15) is 13.2 Å². The van der Waals surface area contributed by atoms with Crippen LogP contribution in [-0.4, -0.2) is 94.9 Å². The van der Waals surface area contributed by atoms with Crippen molar-refractivity contribution in [1.82, 2.24) is 10.3 Å². The number of carbonyl (C=O) groups is 3. The van der Waals surface area contributed by atoms with Crippen LogP contribution in [0.1, 0.15) is 47.6 Å². The lowest BCUT2D eigenvalue weighted by Crippen LogP contribution is -2.60. The zero-order valence-corrected chi connectivity index (χ0v) is 34.7. The highest BCUT2D eigenvalue weighted by Gasteiger charge is 2.70. The number of carbonyl (C=O) groups excluding carboxylic acids is 3. The summed E-state index contributed by atoms with van der Waals surface area (Å²) in [5, 5.41) is 39.7. The monoisotopic (exact) mass is 871 g/mol. The van der Waals surface area contributed by atoms with Crippen molar-refractivity contribution in [2.24, 2.45) is 0 Å². The SMILES string of the molecule is Cc1cc(CNC[C@H](O)c2ccc(O)c3[nH]c(=O)ccc23)ccc1NC(=O)CCc1ccc(-c2ccccc2)c(NC(=O)OC2C[C@@H]3[C@H]4O[C@H]4[C@H](C2)[N+]3(C)C)c1.O=C([O-])C(F)(F)F. The molecule has 4 aromatic carbocycles. The predicted molar refractivity (Wildman–Crippen MR) is 225 cm³/mol. The van der Waals surface area contributed by atoms with Crippen LogP contribution in [0.15, 0.2) is 95.8 Å². The fourth-order valence-corrected chi connectivity index (χ4v) is 8.77. The van der Waals surface area contributed by atoms with E-state index in [9.17, 15) is 37.8 Å². The van der Waals surface area contributed by atoms with Gasteiger partial charge in [0.25, 0.3) is 0 Å². The van der Waals surface area contributed by atoms with Crippen LogP contribution < -0.4 is 26.6 Å². The Morgan fingerprint density at radius 1 is 0.921 bits per heavy atom. The maximum atomic E-state index is 13.3. The van der Waals surface area contributed by atoms with Crippen LogP contribution in [-0.2, 0) is 32.0 Å². The third kappa shape index (κ3) is 10.3. The van der Waals surface area contributed by atoms with E-state index in [-0.39, 0.29) is 48.5 Å². The molecule has 1 unspecified atom stereocenters. The number of carboxylic acid groups (broad SMARTS) is 1. The lowest BCUT2D eigenvalue weighted by atomic mass is 9.96. The minimum Gasteiger partial charge on any atom is -0.542 e. The Morgan fingerprint density at radius 2 is 1.60 bits per heavy atom. The number of amides is 2. The number of ether oxygens (including phenoxy) is 2. The summed E-state index contributed by atoms with van der Waals surface area (Å²) in [6, 6.07) is 28.3. The summed E-state index contributed by atoms with van der Waals surface area (Å²) < 4.78 is 44.4. The number of phenolic OH excluding ortho intramolecular Hbond substituents is 1. The van der Waals surface area contributed by atoms with Crippen molar-refractivity contribution in [1.29, 1.82) is 0 Å². The van der Waals surface area contributed by atoms with Crippen molar-refractivity contribution < 1.29 is 56.8 Å². The fraction of sp³-hybridized carbons (Fsp3) is 0.348. The minimum atomic E-state index is -5.19. The maximum absolute atomic E-state index is 13.3. The first-order chi connectivity index (χ1) is 29.9. The number of anilines is 2. The Balaban J connectivity index is 0.000000785. The number of piperidine rings is 1. The van der Waals surface area contributed by atoms with Gasteiger partial charge in [0.05, 0.1) is 31.4 Å². The molecule has 0 radical (unpaired) electrons. The van der Waals surface area contributed by atoms with Gasteiger partial charge in [-0.25, -0.2) is 4.79 Å². The molecule has 0 saturated carbocycles. The molecule has 332 valence electrons. The molecule has 6 atom stereocenters. The highest BCUT2D eigenvalue weighted by atomic mass is 19.4. The van der Waals surface area contributed by atoms with Gasteiger partial charge in [0.1, 0.15) is 42.1 Å². The number of aliphatic carboxylic acids is 1. The number of hydrogen-bond donors (Lipinski definition) is 6. The maximum Gasteiger partial charge on any atom is 0.430 e. The van der Waals surface area contributed by atoms with Crippen molar-refractivity contribution in [3.8, 4) is 16.9 Å². The van der Waals surface area contributed by atoms with E-state index in [4.69, 9.17) is 19.4 Å². The zero-order chi connectivity index (χ0) is 45.2. The number of morpholine rings is 1. The molecule has 17 heteroatoms. The molecular formula is C46H48F3N5O9. The smallest absolute Gasteiger partial charge is 0.430 e. The Morgan fingerprint density at radius 3 is 2.27 bits per heavy atom. The van der Waals surface area contributed by atoms with Gasteiger partial charge >= 0.3 is 12.3 Å². The van der Waals surface area contributed by atoms with Crippen LogP contribution in [0.5, 0.6) is 5.75 Å². The highest BCUT2D eigenvalue weighted by molar-refractivity contribution is 5.93. The second-order valence-corrected chi connectivity index (χ2v) is 16.6. The van der Waals surface area contributed by atoms with E-state index in [1.165, 1.54) is 12.1 Å². The lowest BCUT2D eigenvalue weighted by Gasteiger charge is -2.45. The van der Waals surface area contributed by atoms with Crippen LogP contribution in [0.25, 0.3) is 22.0 Å². The summed E-state index contributed by atoms with van der Waals surface area (Å²) in [5.74, 6) is -3.19. The number of alkyl halides is 3. The van der Waals surface area contributed by atoms with Crippen LogP contribution in [0.4, 0.5) is 29.3 Å². The first-order valence-electron chi connectivity index (χ1n) is 20.4. The van der Waals surface area contributed by atoms with Gasteiger partial charge in [0.15, 0.2) is 0 Å². The van der Waals surface area contributed by atoms with E-state index in [1.54, 1.807) is 12.1 Å². The van der Waals surface area contributed by atoms with E-state index >= 15 is 0 Å². The van der Waals surface area contributed by atoms with Crippen LogP contribution in [0.3, 0.4) is 0 Å². The number of aromatic nitrogens is 1. The molecule has 14 nitrogen and oxygen atoms in total. The molecule has 5 aromatic rings. The Kier molecular flexibility index (Phi) is 12.9. The van der Waals surface area contributed by atoms with Crippen LogP contribution >= 0.6 is 0 Å². The fourth-order valence-electron chi connectivity index (χ4n) is 8.77. The molecule has 2 bridgehead atoms. The summed E-state index contributed by atoms with van der Waals surface area (Å²) in [7, 11) is 4.50. The van der Waals surface area contributed by atoms with Crippen LogP contribution in [0, 0.1) is 6.92 Å². The number of rotatable bonds is 12. The van der Waals surface area contributed by atoms with E-state index < -0.39 is 24.3 Å². The number of nitrogens with one attached hydrogen (secondary N) is 4. The molecule has 63 heavy (non-hydrogen) atoms. The number of hydrogen-bond acceptors (Lipinski definition) is 10. The number of phenols is 1. The molecule has 6 N–H and O–H groups in total. The molecule has 4 heterocycles. The number of carboxylic acids is 1. The summed E-state index contributed by atoms with van der Waals surface area (Å²) in [6.07, 6.45) is -3.85. The number of H-pyrrole nitrogens is 1. The van der Waals surface area contributed by atoms with Crippen molar-refractivity contribution in [3.05, 3.63) is 124 Å². The highest BCUT2D eigenvalue weighted by Crippen LogP contribution is 2.51. The number of halogens is 3. The number of aryl methyl sites for hydroxylation is 2. The number of aliphatic hydroxyl groups excluding tert-OH is 1. The first kappa shape index (κ1) is 44.8. The molecule has 3 saturated heterocycles. The first-order valence-corrected chi connectivity index (χ1v) is 20.4. The Bertz CT molecular complexity index is 2550. The summed E-state index contributed by atoms with van der Waals surface area (Å²) in [6.45, 7) is 2.67. The summed E-state index contributed by atoms with van der Waals surface area (Å²) in [5.41, 5.74) is 6.55. The molecule has 8 rings (SSSR count). The van der Waals surface area contributed by atoms with Gasteiger partial charge in [-0.15, -0.1) is 0 Å². The van der Waals surface area contributed by atoms with Gasteiger partial charge in [-0.05, 0) is 65.4 Å². The van der Waals surface area contributed by atoms with Crippen molar-refractivity contribution >= 4 is 40.2 Å². The third-order valence-electron chi connectivity index (χ3n) is 12.1. The quantitative estimate of drug-likeness (QED) is 0.0714. The van der Waals surface area contributed by atoms with Gasteiger partial charge in [-0.1, -0.05) is 60.7 Å². The lowest BCUT2D eigenvalue weighted by molar-refractivity contribution is -0.938. The molecule has 0 aliphatic carbocycles. The third-order valence-corrected chi connectivity index (χ3v) is 12.1. The predicted octanol–water partition coefficient (Wildman–Crippen LogP) is 5.21. The van der Waals surface area contributed by atoms with E-state index in [0.29, 0.717) is 47.2 Å². The van der Waals surface area contributed by atoms with E-state index in [0.717, 1.165) is 50.8 Å². The zero-order valence-electron chi connectivity index (χ0n) is 34.7. The number of likely N-dealkylation sites (N-methyl/N-ethyl adjacent to an activating group) is 1. The molecule has 1 aromatic heterocycles. The molecule has 3 aliphatic rings. The van der Waals surface area contributed by atoms with Gasteiger partial charge in [0.2, 0.25) is 11.5 Å². The van der Waals surface area contributed by atoms with Crippen molar-refractivity contribution in [3.63, 3.8) is 0 Å². The van der Waals surface area contributed by atoms with E-state index in [2.05, 4.69) is 35.0 Å². The number of quaternary nitrogens is 1. The molecule has 2 amide bonds. The van der Waals surface area contributed by atoms with E-state index in [1.807, 2.05) is 73.7 Å². The second kappa shape index (κ2) is 18.2. The largest absolute Gasteiger partial charge is 0.542 e. The van der Waals surface area contributed by atoms with Gasteiger partial charge in [0, 0.05) is 55.1 Å². The average molecular weight is 872 g/mol. The number of pyridine rings is 1. The number of nitrogens with zero attached hydrogens (tertiary/aromatic N) is 1. The number of epoxide rings is 1. The average Bonchev–Trinajstić information content (AvgIpc) is 4.00. The molecule has 3 fully saturated rings.